The van der Waals surface area contributed by atoms with Crippen LogP contribution in [0.15, 0.2) is 24.3 Å². The highest BCUT2D eigenvalue weighted by Crippen LogP contribution is 2.33. The van der Waals surface area contributed by atoms with Crippen molar-refractivity contribution in [3.63, 3.8) is 0 Å². The van der Waals surface area contributed by atoms with Crippen LogP contribution in [0.25, 0.3) is 0 Å². The van der Waals surface area contributed by atoms with Gasteiger partial charge in [-0.1, -0.05) is 38.5 Å². The molecular weight excluding hydrogens is 249 g/mol. The summed E-state index contributed by atoms with van der Waals surface area (Å²) in [6.45, 7) is 3.87. The number of halogens is 4. The van der Waals surface area contributed by atoms with Gasteiger partial charge in [-0.25, -0.2) is 0 Å². The van der Waals surface area contributed by atoms with Crippen LogP contribution in [0.4, 0.5) is 13.2 Å². The van der Waals surface area contributed by atoms with Gasteiger partial charge in [-0.15, -0.1) is 11.6 Å². The van der Waals surface area contributed by atoms with Gasteiger partial charge in [0.05, 0.1) is 5.56 Å². The van der Waals surface area contributed by atoms with Gasteiger partial charge in [0.1, 0.15) is 0 Å². The lowest BCUT2D eigenvalue weighted by Crippen LogP contribution is -2.11. The summed E-state index contributed by atoms with van der Waals surface area (Å²) in [7, 11) is 0. The lowest BCUT2D eigenvalue weighted by Gasteiger charge is -2.19. The largest absolute Gasteiger partial charge is 0.416 e. The molecule has 0 nitrogen and oxygen atoms in total. The molecule has 0 aliphatic rings. The van der Waals surface area contributed by atoms with Gasteiger partial charge in [0.25, 0.3) is 0 Å². The first-order valence-corrected chi connectivity index (χ1v) is 6.11. The van der Waals surface area contributed by atoms with Gasteiger partial charge in [-0.3, -0.25) is 0 Å². The molecule has 0 N–H and O–H groups in total. The molecule has 0 saturated heterocycles. The zero-order chi connectivity index (χ0) is 13.1. The maximum Gasteiger partial charge on any atom is 0.416 e. The molecule has 2 atom stereocenters. The second-order valence-electron chi connectivity index (χ2n) is 4.22. The summed E-state index contributed by atoms with van der Waals surface area (Å²) in [6.07, 6.45) is -2.56. The molecule has 0 heterocycles. The zero-order valence-electron chi connectivity index (χ0n) is 9.89. The Morgan fingerprint density at radius 3 is 2.47 bits per heavy atom. The third-order valence-corrected chi connectivity index (χ3v) is 3.44. The Labute approximate surface area is 105 Å². The fraction of sp³-hybridized carbons (Fsp3) is 0.538. The predicted molar refractivity (Wildman–Crippen MR) is 64.4 cm³/mol. The Balaban J connectivity index is 2.92. The van der Waals surface area contributed by atoms with E-state index >= 15 is 0 Å². The summed E-state index contributed by atoms with van der Waals surface area (Å²) in [4.78, 5) is 0. The molecule has 0 spiro atoms. The number of hydrogen-bond acceptors (Lipinski definition) is 0. The third kappa shape index (κ3) is 3.91. The molecule has 96 valence electrons. The van der Waals surface area contributed by atoms with E-state index in [0.29, 0.717) is 5.56 Å². The minimum atomic E-state index is -4.29. The van der Waals surface area contributed by atoms with Crippen LogP contribution in [0.1, 0.15) is 43.7 Å². The van der Waals surface area contributed by atoms with Crippen LogP contribution in [0, 0.1) is 0 Å². The Morgan fingerprint density at radius 1 is 1.29 bits per heavy atom. The van der Waals surface area contributed by atoms with Gasteiger partial charge in [0.2, 0.25) is 0 Å². The molecule has 1 aromatic carbocycles. The van der Waals surface area contributed by atoms with Gasteiger partial charge < -0.3 is 0 Å². The van der Waals surface area contributed by atoms with Crippen LogP contribution in [-0.2, 0) is 6.18 Å². The van der Waals surface area contributed by atoms with E-state index in [1.54, 1.807) is 6.07 Å². The highest BCUT2D eigenvalue weighted by atomic mass is 35.5. The van der Waals surface area contributed by atoms with Crippen molar-refractivity contribution in [2.45, 2.75) is 44.2 Å². The van der Waals surface area contributed by atoms with Gasteiger partial charge in [0.15, 0.2) is 0 Å². The molecule has 0 fully saturated rings. The van der Waals surface area contributed by atoms with E-state index in [-0.39, 0.29) is 11.3 Å². The van der Waals surface area contributed by atoms with Gasteiger partial charge >= 0.3 is 6.18 Å². The second-order valence-corrected chi connectivity index (χ2v) is 4.78. The Bertz CT molecular complexity index is 360. The van der Waals surface area contributed by atoms with Crippen molar-refractivity contribution in [3.05, 3.63) is 35.4 Å². The van der Waals surface area contributed by atoms with E-state index in [4.69, 9.17) is 11.6 Å². The standard InChI is InChI=1S/C13H16ClF3/c1-3-5-12(14)9(2)10-6-4-7-11(8-10)13(15,16)17/h4,6-9,12H,3,5H2,1-2H3. The minimum absolute atomic E-state index is 0.0704. The third-order valence-electron chi connectivity index (χ3n) is 2.85. The molecule has 17 heavy (non-hydrogen) atoms. The molecule has 1 aromatic rings. The SMILES string of the molecule is CCCC(Cl)C(C)c1cccc(C(F)(F)F)c1. The van der Waals surface area contributed by atoms with Crippen molar-refractivity contribution < 1.29 is 13.2 Å². The highest BCUT2D eigenvalue weighted by molar-refractivity contribution is 6.21. The molecule has 1 rings (SSSR count). The fourth-order valence-corrected chi connectivity index (χ4v) is 2.10. The van der Waals surface area contributed by atoms with Crippen molar-refractivity contribution in [2.24, 2.45) is 0 Å². The Morgan fingerprint density at radius 2 is 1.94 bits per heavy atom. The summed E-state index contributed by atoms with van der Waals surface area (Å²) >= 11 is 6.15. The molecule has 0 aliphatic carbocycles. The average molecular weight is 265 g/mol. The van der Waals surface area contributed by atoms with E-state index < -0.39 is 11.7 Å². The highest BCUT2D eigenvalue weighted by Gasteiger charge is 2.31. The first kappa shape index (κ1) is 14.4. The van der Waals surface area contributed by atoms with E-state index in [0.717, 1.165) is 18.9 Å². The van der Waals surface area contributed by atoms with Crippen LogP contribution >= 0.6 is 11.6 Å². The first-order chi connectivity index (χ1) is 7.86. The number of hydrogen-bond donors (Lipinski definition) is 0. The predicted octanol–water partition coefficient (Wildman–Crippen LogP) is 5.22. The second kappa shape index (κ2) is 5.76. The summed E-state index contributed by atoms with van der Waals surface area (Å²) in [5.41, 5.74) is 0.0375. The van der Waals surface area contributed by atoms with Gasteiger partial charge in [-0.2, -0.15) is 13.2 Å². The van der Waals surface area contributed by atoms with Gasteiger partial charge in [0, 0.05) is 5.38 Å². The lowest BCUT2D eigenvalue weighted by atomic mass is 9.93. The summed E-state index contributed by atoms with van der Waals surface area (Å²) in [5.74, 6) is -0.0704. The van der Waals surface area contributed by atoms with Crippen molar-refractivity contribution in [1.82, 2.24) is 0 Å². The molecule has 0 amide bonds. The van der Waals surface area contributed by atoms with Crippen LogP contribution in [0.3, 0.4) is 0 Å². The normalized spacial score (nSPS) is 15.6. The Hall–Kier alpha value is -0.700. The minimum Gasteiger partial charge on any atom is -0.166 e. The van der Waals surface area contributed by atoms with Crippen molar-refractivity contribution >= 4 is 11.6 Å². The summed E-state index contributed by atoms with van der Waals surface area (Å²) in [6, 6.07) is 5.41. The number of alkyl halides is 4. The van der Waals surface area contributed by atoms with Crippen LogP contribution in [-0.4, -0.2) is 5.38 Å². The molecular formula is C13H16ClF3. The molecule has 0 radical (unpaired) electrons. The maximum atomic E-state index is 12.5. The maximum absolute atomic E-state index is 12.5. The van der Waals surface area contributed by atoms with Crippen molar-refractivity contribution in [2.75, 3.05) is 0 Å². The van der Waals surface area contributed by atoms with E-state index in [2.05, 4.69) is 0 Å². The average Bonchev–Trinajstić information content (AvgIpc) is 2.27. The number of rotatable bonds is 4. The quantitative estimate of drug-likeness (QED) is 0.654. The topological polar surface area (TPSA) is 0 Å². The van der Waals surface area contributed by atoms with Crippen LogP contribution in [0.5, 0.6) is 0 Å². The van der Waals surface area contributed by atoms with E-state index in [9.17, 15) is 13.2 Å². The first-order valence-electron chi connectivity index (χ1n) is 5.67. The summed E-state index contributed by atoms with van der Waals surface area (Å²) in [5, 5.41) is -0.122. The molecule has 2 unspecified atom stereocenters. The molecule has 0 bridgehead atoms. The van der Waals surface area contributed by atoms with Crippen LogP contribution in [0.2, 0.25) is 0 Å². The van der Waals surface area contributed by atoms with E-state index in [1.807, 2.05) is 13.8 Å². The molecule has 4 heteroatoms. The van der Waals surface area contributed by atoms with Crippen molar-refractivity contribution in [1.29, 1.82) is 0 Å². The fourth-order valence-electron chi connectivity index (χ4n) is 1.73. The van der Waals surface area contributed by atoms with Gasteiger partial charge in [-0.05, 0) is 24.0 Å². The lowest BCUT2D eigenvalue weighted by molar-refractivity contribution is -0.137. The monoisotopic (exact) mass is 264 g/mol. The smallest absolute Gasteiger partial charge is 0.166 e. The molecule has 0 saturated carbocycles. The van der Waals surface area contributed by atoms with Crippen LogP contribution < -0.4 is 0 Å². The molecule has 0 aromatic heterocycles. The Kier molecular flexibility index (Phi) is 4.87. The molecule has 0 aliphatic heterocycles. The van der Waals surface area contributed by atoms with E-state index in [1.165, 1.54) is 12.1 Å². The number of benzene rings is 1. The zero-order valence-corrected chi connectivity index (χ0v) is 10.6. The van der Waals surface area contributed by atoms with Crippen molar-refractivity contribution in [3.8, 4) is 0 Å². The summed E-state index contributed by atoms with van der Waals surface area (Å²) < 4.78 is 37.6.